The number of fused-ring (bicyclic) bond motifs is 1. The van der Waals surface area contributed by atoms with E-state index < -0.39 is 0 Å². The number of carbonyl (C=O) groups is 2. The molecule has 0 saturated heterocycles. The zero-order valence-electron chi connectivity index (χ0n) is 20.3. The number of benzene rings is 3. The van der Waals surface area contributed by atoms with Crippen molar-refractivity contribution in [3.63, 3.8) is 0 Å². The van der Waals surface area contributed by atoms with Crippen LogP contribution in [0.25, 0.3) is 10.9 Å². The Hall–Kier alpha value is -3.78. The van der Waals surface area contributed by atoms with Crippen LogP contribution in [-0.4, -0.2) is 37.0 Å². The number of ketones is 2. The number of aryl methyl sites for hydroxylation is 2. The van der Waals surface area contributed by atoms with Crippen LogP contribution in [0.4, 0.5) is 0 Å². The molecule has 186 valence electrons. The molecule has 0 spiro atoms. The van der Waals surface area contributed by atoms with Crippen LogP contribution in [0, 0.1) is 13.8 Å². The van der Waals surface area contributed by atoms with Gasteiger partial charge in [-0.1, -0.05) is 22.0 Å². The molecular weight excluding hydrogens is 526 g/mol. The van der Waals surface area contributed by atoms with E-state index in [9.17, 15) is 30.0 Å². The average Bonchev–Trinajstić information content (AvgIpc) is 3.16. The molecule has 0 aliphatic heterocycles. The van der Waals surface area contributed by atoms with Crippen LogP contribution in [0.5, 0.6) is 23.0 Å². The number of rotatable bonds is 6. The van der Waals surface area contributed by atoms with Crippen molar-refractivity contribution in [3.05, 3.63) is 79.4 Å². The van der Waals surface area contributed by atoms with Gasteiger partial charge in [0.2, 0.25) is 0 Å². The lowest BCUT2D eigenvalue weighted by atomic mass is 9.92. The first-order valence-electron chi connectivity index (χ1n) is 11.3. The molecule has 0 bridgehead atoms. The third-order valence-corrected chi connectivity index (χ3v) is 7.21. The highest BCUT2D eigenvalue weighted by Crippen LogP contribution is 2.42. The van der Waals surface area contributed by atoms with E-state index >= 15 is 0 Å². The fourth-order valence-electron chi connectivity index (χ4n) is 4.63. The quantitative estimate of drug-likeness (QED) is 0.188. The molecule has 1 aromatic heterocycles. The number of hydrogen-bond donors (Lipinski definition) is 5. The second kappa shape index (κ2) is 9.35. The summed E-state index contributed by atoms with van der Waals surface area (Å²) in [6, 6.07) is 8.47. The van der Waals surface area contributed by atoms with E-state index in [0.717, 1.165) is 15.4 Å². The summed E-state index contributed by atoms with van der Waals surface area (Å²) in [4.78, 5) is 27.5. The molecule has 0 fully saturated rings. The molecule has 7 nitrogen and oxygen atoms in total. The van der Waals surface area contributed by atoms with Gasteiger partial charge in [-0.3, -0.25) is 9.59 Å². The van der Waals surface area contributed by atoms with Crippen LogP contribution in [0.1, 0.15) is 68.1 Å². The lowest BCUT2D eigenvalue weighted by Crippen LogP contribution is -2.03. The summed E-state index contributed by atoms with van der Waals surface area (Å²) < 4.78 is 0.762. The minimum Gasteiger partial charge on any atom is -0.507 e. The highest BCUT2D eigenvalue weighted by Gasteiger charge is 2.25. The third-order valence-electron chi connectivity index (χ3n) is 6.55. The van der Waals surface area contributed by atoms with E-state index in [0.29, 0.717) is 22.4 Å². The van der Waals surface area contributed by atoms with Gasteiger partial charge in [-0.25, -0.2) is 0 Å². The van der Waals surface area contributed by atoms with Crippen molar-refractivity contribution in [2.45, 2.75) is 40.5 Å². The van der Waals surface area contributed by atoms with E-state index in [1.165, 1.54) is 26.0 Å². The van der Waals surface area contributed by atoms with E-state index in [1.807, 2.05) is 18.2 Å². The monoisotopic (exact) mass is 551 g/mol. The van der Waals surface area contributed by atoms with Crippen molar-refractivity contribution < 1.29 is 30.0 Å². The fourth-order valence-corrected chi connectivity index (χ4v) is 5.23. The van der Waals surface area contributed by atoms with Crippen molar-refractivity contribution in [1.82, 2.24) is 4.98 Å². The van der Waals surface area contributed by atoms with Crippen molar-refractivity contribution in [3.8, 4) is 23.0 Å². The maximum atomic E-state index is 12.1. The molecule has 0 atom stereocenters. The number of halogens is 1. The SMILES string of the molecule is CC(=O)c1cc(C)c(O)c(Cc2[nH]c3cccc(Br)c3c2Cc2c(O)c(C)cc(C(C)=O)c2O)c1O. The van der Waals surface area contributed by atoms with Crippen molar-refractivity contribution in [2.75, 3.05) is 0 Å². The van der Waals surface area contributed by atoms with E-state index in [2.05, 4.69) is 20.9 Å². The molecule has 4 aromatic rings. The van der Waals surface area contributed by atoms with Gasteiger partial charge in [-0.15, -0.1) is 0 Å². The second-order valence-corrected chi connectivity index (χ2v) is 9.90. The van der Waals surface area contributed by atoms with Crippen molar-refractivity contribution in [2.24, 2.45) is 0 Å². The molecule has 0 aliphatic rings. The average molecular weight is 552 g/mol. The molecule has 36 heavy (non-hydrogen) atoms. The maximum absolute atomic E-state index is 12.1. The number of H-pyrrole nitrogens is 1. The van der Waals surface area contributed by atoms with Crippen molar-refractivity contribution in [1.29, 1.82) is 0 Å². The molecule has 3 aromatic carbocycles. The Balaban J connectivity index is 1.96. The number of nitrogens with one attached hydrogen (secondary N) is 1. The van der Waals surface area contributed by atoms with Gasteiger partial charge < -0.3 is 25.4 Å². The third kappa shape index (κ3) is 4.22. The van der Waals surface area contributed by atoms with Gasteiger partial charge in [0.05, 0.1) is 11.1 Å². The van der Waals surface area contributed by atoms with E-state index in [-0.39, 0.29) is 69.7 Å². The molecule has 0 amide bonds. The fraction of sp³-hybridized carbons (Fsp3) is 0.214. The molecule has 4 rings (SSSR count). The summed E-state index contributed by atoms with van der Waals surface area (Å²) >= 11 is 3.58. The molecule has 5 N–H and O–H groups in total. The molecule has 0 unspecified atom stereocenters. The zero-order chi connectivity index (χ0) is 26.5. The van der Waals surface area contributed by atoms with Crippen LogP contribution in [0.15, 0.2) is 34.8 Å². The minimum absolute atomic E-state index is 0.0446. The Kier molecular flexibility index (Phi) is 6.58. The van der Waals surface area contributed by atoms with Gasteiger partial charge in [0.15, 0.2) is 11.6 Å². The van der Waals surface area contributed by atoms with E-state index in [1.54, 1.807) is 13.8 Å². The first-order valence-corrected chi connectivity index (χ1v) is 12.1. The predicted octanol–water partition coefficient (Wildman–Crippen LogP) is 5.96. The van der Waals surface area contributed by atoms with Gasteiger partial charge in [-0.05, 0) is 68.7 Å². The van der Waals surface area contributed by atoms with Crippen LogP contribution in [0.3, 0.4) is 0 Å². The first-order chi connectivity index (χ1) is 16.9. The van der Waals surface area contributed by atoms with Crippen LogP contribution < -0.4 is 0 Å². The van der Waals surface area contributed by atoms with Gasteiger partial charge in [0.25, 0.3) is 0 Å². The summed E-state index contributed by atoms with van der Waals surface area (Å²) in [5, 5.41) is 44.1. The highest BCUT2D eigenvalue weighted by molar-refractivity contribution is 9.10. The Morgan fingerprint density at radius 2 is 1.28 bits per heavy atom. The molecular formula is C28H26BrNO6. The number of aromatic nitrogens is 1. The molecule has 1 heterocycles. The number of phenolic OH excluding ortho intramolecular Hbond substituents is 4. The lowest BCUT2D eigenvalue weighted by Gasteiger charge is -2.16. The van der Waals surface area contributed by atoms with Gasteiger partial charge in [0, 0.05) is 45.0 Å². The smallest absolute Gasteiger partial charge is 0.163 e. The number of Topliss-reactive ketones (excluding diaryl/α,β-unsaturated/α-hetero) is 2. The van der Waals surface area contributed by atoms with Gasteiger partial charge >= 0.3 is 0 Å². The lowest BCUT2D eigenvalue weighted by molar-refractivity contribution is 0.100. The summed E-state index contributed by atoms with van der Waals surface area (Å²) in [7, 11) is 0. The Bertz CT molecular complexity index is 1570. The number of hydrogen-bond acceptors (Lipinski definition) is 6. The summed E-state index contributed by atoms with van der Waals surface area (Å²) in [5.41, 5.74) is 3.55. The Morgan fingerprint density at radius 1 is 0.778 bits per heavy atom. The number of phenols is 4. The largest absolute Gasteiger partial charge is 0.507 e. The Morgan fingerprint density at radius 3 is 1.78 bits per heavy atom. The predicted molar refractivity (Wildman–Crippen MR) is 141 cm³/mol. The zero-order valence-corrected chi connectivity index (χ0v) is 21.9. The Labute approximate surface area is 216 Å². The summed E-state index contributed by atoms with van der Waals surface area (Å²) in [5.74, 6) is -1.50. The summed E-state index contributed by atoms with van der Waals surface area (Å²) in [6.45, 7) is 6.00. The summed E-state index contributed by atoms with van der Waals surface area (Å²) in [6.07, 6.45) is 0.105. The topological polar surface area (TPSA) is 131 Å². The van der Waals surface area contributed by atoms with Crippen molar-refractivity contribution >= 4 is 38.4 Å². The van der Waals surface area contributed by atoms with Crippen LogP contribution in [-0.2, 0) is 12.8 Å². The van der Waals surface area contributed by atoms with Crippen LogP contribution >= 0.6 is 15.9 Å². The molecule has 0 radical (unpaired) electrons. The molecule has 0 aliphatic carbocycles. The molecule has 0 saturated carbocycles. The second-order valence-electron chi connectivity index (χ2n) is 9.04. The number of carbonyl (C=O) groups excluding carboxylic acids is 2. The van der Waals surface area contributed by atoms with Gasteiger partial charge in [0.1, 0.15) is 23.0 Å². The number of aromatic hydroxyl groups is 4. The maximum Gasteiger partial charge on any atom is 0.163 e. The normalized spacial score (nSPS) is 11.2. The first kappa shape index (κ1) is 25.3. The standard InChI is InChI=1S/C28H26BrNO6/c1-12-8-16(14(3)31)27(35)19(25(12)33)10-18-23(30-22-7-5-6-21(29)24(18)22)11-20-26(34)13(2)9-17(15(4)32)28(20)36/h5-9,30,33-36H,10-11H2,1-4H3. The van der Waals surface area contributed by atoms with Gasteiger partial charge in [-0.2, -0.15) is 0 Å². The van der Waals surface area contributed by atoms with E-state index in [4.69, 9.17) is 0 Å². The molecule has 8 heteroatoms. The minimum atomic E-state index is -0.331. The number of aromatic amines is 1. The highest BCUT2D eigenvalue weighted by atomic mass is 79.9. The van der Waals surface area contributed by atoms with Crippen LogP contribution in [0.2, 0.25) is 0 Å².